The maximum Gasteiger partial charge on any atom is 0.0433 e. The Balaban J connectivity index is 3.18. The monoisotopic (exact) mass is 173 g/mol. The van der Waals surface area contributed by atoms with Crippen molar-refractivity contribution in [1.29, 1.82) is 0 Å². The van der Waals surface area contributed by atoms with Crippen molar-refractivity contribution in [2.45, 2.75) is 45.6 Å². The molecule has 0 aromatic heterocycles. The molecule has 2 unspecified atom stereocenters. The molecule has 0 heterocycles. The summed E-state index contributed by atoms with van der Waals surface area (Å²) in [6, 6.07) is 0.631. The van der Waals surface area contributed by atoms with Crippen molar-refractivity contribution in [1.82, 2.24) is 5.32 Å². The molecule has 0 aromatic carbocycles. The van der Waals surface area contributed by atoms with Crippen LogP contribution in [0.3, 0.4) is 0 Å². The van der Waals surface area contributed by atoms with Gasteiger partial charge in [-0.25, -0.2) is 0 Å². The number of nitrogens with one attached hydrogen (secondary N) is 1. The minimum absolute atomic E-state index is 0.336. The molecule has 0 fully saturated rings. The molecular weight excluding hydrogens is 150 g/mol. The summed E-state index contributed by atoms with van der Waals surface area (Å²) in [5.41, 5.74) is 0. The molecule has 2 atom stereocenters. The molecule has 0 saturated carbocycles. The first-order valence-electron chi connectivity index (χ1n) is 4.98. The highest BCUT2D eigenvalue weighted by atomic mass is 16.3. The van der Waals surface area contributed by atoms with Crippen molar-refractivity contribution in [2.24, 2.45) is 5.92 Å². The molecule has 12 heavy (non-hydrogen) atoms. The summed E-state index contributed by atoms with van der Waals surface area (Å²) >= 11 is 0. The van der Waals surface area contributed by atoms with Gasteiger partial charge in [0.25, 0.3) is 0 Å². The van der Waals surface area contributed by atoms with Gasteiger partial charge in [0.15, 0.2) is 0 Å². The average molecular weight is 173 g/mol. The predicted octanol–water partition coefficient (Wildman–Crippen LogP) is 1.78. The summed E-state index contributed by atoms with van der Waals surface area (Å²) in [7, 11) is 2.00. The second-order valence-electron chi connectivity index (χ2n) is 3.74. The number of aliphatic hydroxyl groups is 1. The van der Waals surface area contributed by atoms with E-state index in [4.69, 9.17) is 5.11 Å². The highest BCUT2D eigenvalue weighted by molar-refractivity contribution is 4.59. The lowest BCUT2D eigenvalue weighted by Gasteiger charge is -2.12. The van der Waals surface area contributed by atoms with E-state index in [-0.39, 0.29) is 0 Å². The van der Waals surface area contributed by atoms with Crippen LogP contribution in [-0.4, -0.2) is 24.8 Å². The molecule has 0 spiro atoms. The van der Waals surface area contributed by atoms with Crippen LogP contribution in [0.4, 0.5) is 0 Å². The third-order valence-corrected chi connectivity index (χ3v) is 2.45. The number of aliphatic hydroxyl groups excluding tert-OH is 1. The molecular formula is C10H23NO. The molecule has 0 aliphatic rings. The summed E-state index contributed by atoms with van der Waals surface area (Å²) in [5.74, 6) is 0.680. The van der Waals surface area contributed by atoms with Gasteiger partial charge in [-0.2, -0.15) is 0 Å². The number of hydrogen-bond acceptors (Lipinski definition) is 2. The number of rotatable bonds is 7. The maximum atomic E-state index is 8.68. The smallest absolute Gasteiger partial charge is 0.0433 e. The summed E-state index contributed by atoms with van der Waals surface area (Å²) in [6.45, 7) is 4.75. The molecule has 0 aliphatic carbocycles. The van der Waals surface area contributed by atoms with Crippen LogP contribution in [0, 0.1) is 5.92 Å². The third kappa shape index (κ3) is 6.62. The van der Waals surface area contributed by atoms with E-state index in [0.717, 1.165) is 6.42 Å². The highest BCUT2D eigenvalue weighted by Crippen LogP contribution is 2.12. The fourth-order valence-electron chi connectivity index (χ4n) is 1.28. The third-order valence-electron chi connectivity index (χ3n) is 2.45. The summed E-state index contributed by atoms with van der Waals surface area (Å²) in [5, 5.41) is 11.9. The Morgan fingerprint density at radius 2 is 1.83 bits per heavy atom. The molecule has 74 valence electrons. The molecule has 2 heteroatoms. The average Bonchev–Trinajstić information content (AvgIpc) is 2.04. The van der Waals surface area contributed by atoms with Crippen LogP contribution in [0.15, 0.2) is 0 Å². The van der Waals surface area contributed by atoms with Gasteiger partial charge in [-0.1, -0.05) is 19.8 Å². The van der Waals surface area contributed by atoms with Crippen LogP contribution >= 0.6 is 0 Å². The van der Waals surface area contributed by atoms with E-state index in [1.807, 2.05) is 7.05 Å². The molecule has 0 rings (SSSR count). The molecule has 0 aliphatic heterocycles. The van der Waals surface area contributed by atoms with Crippen LogP contribution in [0.5, 0.6) is 0 Å². The van der Waals surface area contributed by atoms with E-state index in [2.05, 4.69) is 19.2 Å². The van der Waals surface area contributed by atoms with E-state index < -0.39 is 0 Å². The minimum atomic E-state index is 0.336. The van der Waals surface area contributed by atoms with Gasteiger partial charge in [-0.05, 0) is 32.7 Å². The normalized spacial score (nSPS) is 16.0. The standard InChI is InChI=1S/C10H23NO/c1-9(7-8-12)5-4-6-10(2)11-3/h9-12H,4-8H2,1-3H3. The van der Waals surface area contributed by atoms with Crippen LogP contribution in [-0.2, 0) is 0 Å². The second kappa shape index (κ2) is 7.56. The molecule has 0 saturated heterocycles. The Bertz CT molecular complexity index is 95.8. The Morgan fingerprint density at radius 1 is 1.17 bits per heavy atom. The van der Waals surface area contributed by atoms with Crippen LogP contribution < -0.4 is 5.32 Å². The SMILES string of the molecule is CNC(C)CCCC(C)CCO. The topological polar surface area (TPSA) is 32.3 Å². The zero-order valence-electron chi connectivity index (χ0n) is 8.64. The van der Waals surface area contributed by atoms with Gasteiger partial charge < -0.3 is 10.4 Å². The predicted molar refractivity (Wildman–Crippen MR) is 53.2 cm³/mol. The lowest BCUT2D eigenvalue weighted by molar-refractivity contribution is 0.256. The second-order valence-corrected chi connectivity index (χ2v) is 3.74. The van der Waals surface area contributed by atoms with E-state index in [1.165, 1.54) is 19.3 Å². The molecule has 2 nitrogen and oxygen atoms in total. The van der Waals surface area contributed by atoms with Gasteiger partial charge >= 0.3 is 0 Å². The van der Waals surface area contributed by atoms with Gasteiger partial charge in [0.05, 0.1) is 0 Å². The van der Waals surface area contributed by atoms with Crippen LogP contribution in [0.1, 0.15) is 39.5 Å². The summed E-state index contributed by atoms with van der Waals surface area (Å²) in [6.07, 6.45) is 4.70. The van der Waals surface area contributed by atoms with Crippen molar-refractivity contribution < 1.29 is 5.11 Å². The molecule has 0 amide bonds. The first-order chi connectivity index (χ1) is 5.70. The zero-order chi connectivity index (χ0) is 9.40. The lowest BCUT2D eigenvalue weighted by atomic mass is 9.99. The quantitative estimate of drug-likeness (QED) is 0.615. The van der Waals surface area contributed by atoms with Crippen molar-refractivity contribution >= 4 is 0 Å². The van der Waals surface area contributed by atoms with E-state index in [0.29, 0.717) is 18.6 Å². The van der Waals surface area contributed by atoms with Gasteiger partial charge in [-0.3, -0.25) is 0 Å². The fourth-order valence-corrected chi connectivity index (χ4v) is 1.28. The van der Waals surface area contributed by atoms with Crippen LogP contribution in [0.2, 0.25) is 0 Å². The molecule has 0 radical (unpaired) electrons. The molecule has 0 bridgehead atoms. The van der Waals surface area contributed by atoms with Crippen molar-refractivity contribution in [3.8, 4) is 0 Å². The Hall–Kier alpha value is -0.0800. The van der Waals surface area contributed by atoms with E-state index in [9.17, 15) is 0 Å². The van der Waals surface area contributed by atoms with Crippen molar-refractivity contribution in [3.63, 3.8) is 0 Å². The van der Waals surface area contributed by atoms with Crippen LogP contribution in [0.25, 0.3) is 0 Å². The van der Waals surface area contributed by atoms with Gasteiger partial charge in [0.2, 0.25) is 0 Å². The van der Waals surface area contributed by atoms with E-state index in [1.54, 1.807) is 0 Å². The lowest BCUT2D eigenvalue weighted by Crippen LogP contribution is -2.20. The Kier molecular flexibility index (Phi) is 7.51. The molecule has 2 N–H and O–H groups in total. The first kappa shape index (κ1) is 11.9. The number of hydrogen-bond donors (Lipinski definition) is 2. The van der Waals surface area contributed by atoms with Gasteiger partial charge in [-0.15, -0.1) is 0 Å². The van der Waals surface area contributed by atoms with E-state index >= 15 is 0 Å². The summed E-state index contributed by atoms with van der Waals surface area (Å²) < 4.78 is 0. The first-order valence-corrected chi connectivity index (χ1v) is 4.98. The largest absolute Gasteiger partial charge is 0.396 e. The Morgan fingerprint density at radius 3 is 2.33 bits per heavy atom. The maximum absolute atomic E-state index is 8.68. The molecule has 0 aromatic rings. The fraction of sp³-hybridized carbons (Fsp3) is 1.00. The van der Waals surface area contributed by atoms with Gasteiger partial charge in [0, 0.05) is 12.6 Å². The summed E-state index contributed by atoms with van der Waals surface area (Å²) in [4.78, 5) is 0. The minimum Gasteiger partial charge on any atom is -0.396 e. The van der Waals surface area contributed by atoms with Crippen molar-refractivity contribution in [3.05, 3.63) is 0 Å². The van der Waals surface area contributed by atoms with Crippen molar-refractivity contribution in [2.75, 3.05) is 13.7 Å². The Labute approximate surface area is 76.4 Å². The highest BCUT2D eigenvalue weighted by Gasteiger charge is 2.02. The van der Waals surface area contributed by atoms with Gasteiger partial charge in [0.1, 0.15) is 0 Å². The zero-order valence-corrected chi connectivity index (χ0v) is 8.64.